The third kappa shape index (κ3) is 3.37. The van der Waals surface area contributed by atoms with Crippen LogP contribution in [0.1, 0.15) is 10.6 Å². The SMILES string of the molecule is CSc1sc(C(=N)N)cc1S(=O)(=O)c1cccc(-c2cncnc2C)c1. The molecule has 26 heavy (non-hydrogen) atoms. The molecule has 0 unspecified atom stereocenters. The number of hydrogen-bond donors (Lipinski definition) is 2. The molecule has 0 saturated heterocycles. The van der Waals surface area contributed by atoms with Crippen molar-refractivity contribution in [2.45, 2.75) is 20.9 Å². The van der Waals surface area contributed by atoms with E-state index in [1.54, 1.807) is 30.7 Å². The minimum atomic E-state index is -3.74. The van der Waals surface area contributed by atoms with Gasteiger partial charge in [-0.2, -0.15) is 0 Å². The summed E-state index contributed by atoms with van der Waals surface area (Å²) in [6.45, 7) is 1.85. The number of sulfone groups is 1. The van der Waals surface area contributed by atoms with E-state index in [2.05, 4.69) is 9.97 Å². The van der Waals surface area contributed by atoms with Crippen LogP contribution in [0.5, 0.6) is 0 Å². The molecule has 2 aromatic heterocycles. The van der Waals surface area contributed by atoms with E-state index in [0.717, 1.165) is 16.8 Å². The minimum absolute atomic E-state index is 0.141. The first-order valence-corrected chi connectivity index (χ1v) is 11.0. The molecule has 0 amide bonds. The molecule has 3 rings (SSSR count). The zero-order chi connectivity index (χ0) is 18.9. The molecule has 0 aliphatic rings. The second-order valence-corrected chi connectivity index (χ2v) is 9.48. The van der Waals surface area contributed by atoms with Crippen LogP contribution in [0.4, 0.5) is 0 Å². The van der Waals surface area contributed by atoms with Gasteiger partial charge >= 0.3 is 0 Å². The van der Waals surface area contributed by atoms with Gasteiger partial charge in [-0.15, -0.1) is 23.1 Å². The van der Waals surface area contributed by atoms with Gasteiger partial charge in [-0.25, -0.2) is 18.4 Å². The predicted molar refractivity (Wildman–Crippen MR) is 105 cm³/mol. The first kappa shape index (κ1) is 18.6. The molecule has 9 heteroatoms. The largest absolute Gasteiger partial charge is 0.383 e. The number of nitrogens with one attached hydrogen (secondary N) is 1. The van der Waals surface area contributed by atoms with Crippen molar-refractivity contribution >= 4 is 38.8 Å². The van der Waals surface area contributed by atoms with Gasteiger partial charge in [0.05, 0.1) is 18.9 Å². The van der Waals surface area contributed by atoms with Gasteiger partial charge in [0.25, 0.3) is 0 Å². The molecule has 0 atom stereocenters. The van der Waals surface area contributed by atoms with Crippen molar-refractivity contribution in [3.63, 3.8) is 0 Å². The first-order valence-electron chi connectivity index (χ1n) is 7.49. The highest BCUT2D eigenvalue weighted by Gasteiger charge is 2.25. The van der Waals surface area contributed by atoms with Crippen LogP contribution in [-0.4, -0.2) is 30.5 Å². The predicted octanol–water partition coefficient (Wildman–Crippen LogP) is 3.35. The van der Waals surface area contributed by atoms with Crippen LogP contribution in [-0.2, 0) is 9.84 Å². The summed E-state index contributed by atoms with van der Waals surface area (Å²) in [4.78, 5) is 8.98. The third-order valence-electron chi connectivity index (χ3n) is 3.77. The lowest BCUT2D eigenvalue weighted by atomic mass is 10.1. The normalized spacial score (nSPS) is 11.5. The molecular formula is C17H16N4O2S3. The van der Waals surface area contributed by atoms with E-state index >= 15 is 0 Å². The number of nitrogens with two attached hydrogens (primary N) is 1. The van der Waals surface area contributed by atoms with Crippen molar-refractivity contribution in [3.8, 4) is 11.1 Å². The number of benzene rings is 1. The van der Waals surface area contributed by atoms with Crippen molar-refractivity contribution in [1.29, 1.82) is 5.41 Å². The number of nitrogens with zero attached hydrogens (tertiary/aromatic N) is 2. The molecule has 0 radical (unpaired) electrons. The average Bonchev–Trinajstić information content (AvgIpc) is 3.08. The summed E-state index contributed by atoms with van der Waals surface area (Å²) in [5.74, 6) is -0.141. The molecule has 0 fully saturated rings. The molecule has 3 N–H and O–H groups in total. The molecule has 0 aliphatic carbocycles. The van der Waals surface area contributed by atoms with Crippen molar-refractivity contribution in [1.82, 2.24) is 9.97 Å². The average molecular weight is 405 g/mol. The van der Waals surface area contributed by atoms with Gasteiger partial charge in [0, 0.05) is 17.5 Å². The molecule has 6 nitrogen and oxygen atoms in total. The Kier molecular flexibility index (Phi) is 5.12. The van der Waals surface area contributed by atoms with Crippen LogP contribution in [0.25, 0.3) is 11.1 Å². The van der Waals surface area contributed by atoms with Gasteiger partial charge < -0.3 is 5.73 Å². The summed E-state index contributed by atoms with van der Waals surface area (Å²) < 4.78 is 26.9. The molecule has 0 bridgehead atoms. The number of thiophene rings is 1. The van der Waals surface area contributed by atoms with E-state index in [-0.39, 0.29) is 15.6 Å². The van der Waals surface area contributed by atoms with Gasteiger partial charge in [-0.05, 0) is 36.9 Å². The number of hydrogen-bond acceptors (Lipinski definition) is 7. The number of amidine groups is 1. The number of aromatic nitrogens is 2. The molecule has 0 spiro atoms. The van der Waals surface area contributed by atoms with E-state index in [4.69, 9.17) is 11.1 Å². The van der Waals surface area contributed by atoms with Crippen LogP contribution < -0.4 is 5.73 Å². The highest BCUT2D eigenvalue weighted by atomic mass is 32.2. The first-order chi connectivity index (χ1) is 12.3. The van der Waals surface area contributed by atoms with E-state index in [1.165, 1.54) is 35.5 Å². The number of aryl methyl sites for hydroxylation is 1. The molecule has 3 aromatic rings. The molecular weight excluding hydrogens is 388 g/mol. The van der Waals surface area contributed by atoms with Crippen LogP contribution in [0.2, 0.25) is 0 Å². The van der Waals surface area contributed by atoms with Crippen LogP contribution in [0.3, 0.4) is 0 Å². The maximum atomic E-state index is 13.2. The van der Waals surface area contributed by atoms with Crippen LogP contribution in [0.15, 0.2) is 56.9 Å². The fourth-order valence-corrected chi connectivity index (χ4v) is 6.35. The van der Waals surface area contributed by atoms with E-state index < -0.39 is 9.84 Å². The Labute approximate surface area is 159 Å². The summed E-state index contributed by atoms with van der Waals surface area (Å²) >= 11 is 2.53. The molecule has 1 aromatic carbocycles. The zero-order valence-electron chi connectivity index (χ0n) is 14.1. The molecule has 0 aliphatic heterocycles. The van der Waals surface area contributed by atoms with Gasteiger partial charge in [0.1, 0.15) is 12.2 Å². The Balaban J connectivity index is 2.13. The van der Waals surface area contributed by atoms with Crippen molar-refractivity contribution < 1.29 is 8.42 Å². The lowest BCUT2D eigenvalue weighted by Gasteiger charge is -2.08. The zero-order valence-corrected chi connectivity index (χ0v) is 16.5. The molecule has 2 heterocycles. The maximum absolute atomic E-state index is 13.2. The van der Waals surface area contributed by atoms with E-state index in [9.17, 15) is 8.42 Å². The van der Waals surface area contributed by atoms with Crippen molar-refractivity contribution in [3.05, 3.63) is 53.4 Å². The quantitative estimate of drug-likeness (QED) is 0.383. The summed E-state index contributed by atoms with van der Waals surface area (Å²) in [5, 5.41) is 7.57. The number of thioether (sulfide) groups is 1. The Morgan fingerprint density at radius 1 is 1.31 bits per heavy atom. The Morgan fingerprint density at radius 3 is 2.73 bits per heavy atom. The van der Waals surface area contributed by atoms with E-state index in [1.807, 2.05) is 13.0 Å². The highest BCUT2D eigenvalue weighted by molar-refractivity contribution is 8.01. The highest BCUT2D eigenvalue weighted by Crippen LogP contribution is 2.37. The number of rotatable bonds is 5. The molecule has 134 valence electrons. The lowest BCUT2D eigenvalue weighted by Crippen LogP contribution is -2.08. The molecule has 0 saturated carbocycles. The second kappa shape index (κ2) is 7.18. The van der Waals surface area contributed by atoms with Crippen molar-refractivity contribution in [2.75, 3.05) is 6.26 Å². The number of nitrogen functional groups attached to an aromatic ring is 1. The Morgan fingerprint density at radius 2 is 2.08 bits per heavy atom. The summed E-state index contributed by atoms with van der Waals surface area (Å²) in [7, 11) is -3.74. The fourth-order valence-electron chi connectivity index (χ4n) is 2.45. The Hall–Kier alpha value is -2.23. The standard InChI is InChI=1S/C17H16N4O2S3/c1-10-13(8-20-9-21-10)11-4-3-5-12(6-11)26(22,23)15-7-14(16(18)19)25-17(15)24-2/h3-9H,1-2H3,(H3,18,19). The Bertz CT molecular complexity index is 1090. The second-order valence-electron chi connectivity index (χ2n) is 5.43. The minimum Gasteiger partial charge on any atom is -0.383 e. The monoisotopic (exact) mass is 404 g/mol. The van der Waals surface area contributed by atoms with Gasteiger partial charge in [-0.3, -0.25) is 5.41 Å². The summed E-state index contributed by atoms with van der Waals surface area (Å²) in [6, 6.07) is 8.18. The van der Waals surface area contributed by atoms with E-state index in [0.29, 0.717) is 9.09 Å². The third-order valence-corrected chi connectivity index (χ3v) is 8.11. The van der Waals surface area contributed by atoms with Gasteiger partial charge in [-0.1, -0.05) is 12.1 Å². The van der Waals surface area contributed by atoms with Crippen molar-refractivity contribution in [2.24, 2.45) is 5.73 Å². The lowest BCUT2D eigenvalue weighted by molar-refractivity contribution is 0.595. The summed E-state index contributed by atoms with van der Waals surface area (Å²) in [6.07, 6.45) is 4.93. The van der Waals surface area contributed by atoms with Crippen LogP contribution >= 0.6 is 23.1 Å². The topological polar surface area (TPSA) is 110 Å². The van der Waals surface area contributed by atoms with Gasteiger partial charge in [0.2, 0.25) is 9.84 Å². The fraction of sp³-hybridized carbons (Fsp3) is 0.118. The van der Waals surface area contributed by atoms with Crippen LogP contribution in [0, 0.1) is 12.3 Å². The van der Waals surface area contributed by atoms with Gasteiger partial charge in [0.15, 0.2) is 0 Å². The maximum Gasteiger partial charge on any atom is 0.208 e. The smallest absolute Gasteiger partial charge is 0.208 e. The summed E-state index contributed by atoms with van der Waals surface area (Å²) in [5.41, 5.74) is 7.81.